The standard InChI is InChI=1S/C23H26N4O4S/c1-15(2)20-22(32(29,30)26-11-23(12-26)13-31-14-23)27-10-16(3)18(9-19(27)25-20)21(28)24-17-7-5-4-6-8-17/h4-10,15H,11-14H2,1-3H3,(H,24,28). The minimum Gasteiger partial charge on any atom is -0.380 e. The number of nitrogens with zero attached hydrogens (tertiary/aromatic N) is 3. The SMILES string of the molecule is Cc1cn2c(S(=O)(=O)N3CC4(COC4)C3)c(C(C)C)nc2cc1C(=O)Nc1ccccc1. The number of ether oxygens (including phenoxy) is 1. The Labute approximate surface area is 187 Å². The van der Waals surface area contributed by atoms with E-state index in [1.807, 2.05) is 44.2 Å². The maximum atomic E-state index is 13.6. The van der Waals surface area contributed by atoms with Crippen LogP contribution in [0, 0.1) is 12.3 Å². The zero-order valence-electron chi connectivity index (χ0n) is 18.3. The van der Waals surface area contributed by atoms with E-state index in [0.717, 1.165) is 0 Å². The van der Waals surface area contributed by atoms with Crippen LogP contribution < -0.4 is 5.32 Å². The van der Waals surface area contributed by atoms with E-state index >= 15 is 0 Å². The van der Waals surface area contributed by atoms with E-state index in [1.165, 1.54) is 4.31 Å². The van der Waals surface area contributed by atoms with Crippen molar-refractivity contribution in [2.45, 2.75) is 31.7 Å². The molecule has 5 rings (SSSR count). The van der Waals surface area contributed by atoms with Gasteiger partial charge in [0.1, 0.15) is 5.65 Å². The first-order chi connectivity index (χ1) is 15.2. The summed E-state index contributed by atoms with van der Waals surface area (Å²) in [5, 5.41) is 3.07. The van der Waals surface area contributed by atoms with Crippen molar-refractivity contribution in [2.24, 2.45) is 5.41 Å². The molecule has 1 spiro atoms. The number of sulfonamides is 1. The number of carbonyl (C=O) groups excluding carboxylic acids is 1. The molecule has 0 atom stereocenters. The van der Waals surface area contributed by atoms with E-state index in [2.05, 4.69) is 10.3 Å². The number of aryl methyl sites for hydroxylation is 1. The van der Waals surface area contributed by atoms with Gasteiger partial charge in [0.05, 0.1) is 18.9 Å². The van der Waals surface area contributed by atoms with Gasteiger partial charge in [-0.3, -0.25) is 9.20 Å². The number of para-hydroxylation sites is 1. The fourth-order valence-corrected chi connectivity index (χ4v) is 6.42. The highest BCUT2D eigenvalue weighted by atomic mass is 32.2. The quantitative estimate of drug-likeness (QED) is 0.640. The highest BCUT2D eigenvalue weighted by Gasteiger charge is 2.54. The first-order valence-electron chi connectivity index (χ1n) is 10.7. The largest absolute Gasteiger partial charge is 0.380 e. The molecule has 168 valence electrons. The number of aromatic nitrogens is 2. The highest BCUT2D eigenvalue weighted by molar-refractivity contribution is 7.89. The summed E-state index contributed by atoms with van der Waals surface area (Å²) in [5.74, 6) is -0.353. The molecule has 8 nitrogen and oxygen atoms in total. The lowest BCUT2D eigenvalue weighted by molar-refractivity contribution is -0.166. The van der Waals surface area contributed by atoms with Crippen LogP contribution in [-0.4, -0.2) is 54.3 Å². The molecule has 2 fully saturated rings. The van der Waals surface area contributed by atoms with Crippen molar-refractivity contribution in [2.75, 3.05) is 31.6 Å². The second-order valence-electron chi connectivity index (χ2n) is 9.14. The molecule has 2 aliphatic rings. The van der Waals surface area contributed by atoms with Gasteiger partial charge in [-0.15, -0.1) is 0 Å². The molecule has 2 aliphatic heterocycles. The van der Waals surface area contributed by atoms with Crippen LogP contribution in [0.5, 0.6) is 0 Å². The fourth-order valence-electron chi connectivity index (χ4n) is 4.35. The molecule has 0 bridgehead atoms. The smallest absolute Gasteiger partial charge is 0.261 e. The van der Waals surface area contributed by atoms with Crippen LogP contribution in [0.25, 0.3) is 5.65 Å². The predicted octanol–water partition coefficient (Wildman–Crippen LogP) is 3.04. The second-order valence-corrected chi connectivity index (χ2v) is 11.0. The number of carbonyl (C=O) groups is 1. The van der Waals surface area contributed by atoms with Crippen molar-refractivity contribution >= 4 is 27.3 Å². The number of hydrogen-bond acceptors (Lipinski definition) is 5. The van der Waals surface area contributed by atoms with E-state index in [9.17, 15) is 13.2 Å². The minimum atomic E-state index is -3.73. The van der Waals surface area contributed by atoms with Gasteiger partial charge in [0.25, 0.3) is 15.9 Å². The molecule has 0 aliphatic carbocycles. The lowest BCUT2D eigenvalue weighted by Gasteiger charge is -2.53. The summed E-state index contributed by atoms with van der Waals surface area (Å²) in [6, 6.07) is 10.9. The van der Waals surface area contributed by atoms with Gasteiger partial charge >= 0.3 is 0 Å². The van der Waals surface area contributed by atoms with E-state index in [-0.39, 0.29) is 22.3 Å². The second kappa shape index (κ2) is 7.40. The summed E-state index contributed by atoms with van der Waals surface area (Å²) in [6.45, 7) is 7.81. The van der Waals surface area contributed by atoms with Gasteiger partial charge in [-0.1, -0.05) is 32.0 Å². The molecule has 0 saturated carbocycles. The Balaban J connectivity index is 1.54. The average molecular weight is 455 g/mol. The van der Waals surface area contributed by atoms with Crippen LogP contribution in [0.15, 0.2) is 47.6 Å². The molecule has 2 saturated heterocycles. The number of nitrogens with one attached hydrogen (secondary N) is 1. The normalized spacial score (nSPS) is 18.0. The first kappa shape index (κ1) is 21.1. The van der Waals surface area contributed by atoms with Crippen LogP contribution in [0.3, 0.4) is 0 Å². The lowest BCUT2D eigenvalue weighted by Crippen LogP contribution is -2.67. The van der Waals surface area contributed by atoms with Crippen LogP contribution in [-0.2, 0) is 14.8 Å². The number of hydrogen-bond donors (Lipinski definition) is 1. The van der Waals surface area contributed by atoms with Gasteiger partial charge in [-0.2, -0.15) is 4.31 Å². The number of benzene rings is 1. The van der Waals surface area contributed by atoms with Crippen molar-refractivity contribution in [1.29, 1.82) is 0 Å². The Kier molecular flexibility index (Phi) is 4.88. The van der Waals surface area contributed by atoms with E-state index < -0.39 is 10.0 Å². The molecule has 2 aromatic heterocycles. The van der Waals surface area contributed by atoms with Crippen molar-refractivity contribution < 1.29 is 17.9 Å². The van der Waals surface area contributed by atoms with Gasteiger partial charge in [0.15, 0.2) is 5.03 Å². The number of amides is 1. The third-order valence-corrected chi connectivity index (χ3v) is 8.02. The monoisotopic (exact) mass is 454 g/mol. The lowest BCUT2D eigenvalue weighted by atomic mass is 9.80. The van der Waals surface area contributed by atoms with Crippen LogP contribution >= 0.6 is 0 Å². The fraction of sp³-hybridized carbons (Fsp3) is 0.391. The Morgan fingerprint density at radius 3 is 2.47 bits per heavy atom. The highest BCUT2D eigenvalue weighted by Crippen LogP contribution is 2.41. The number of fused-ring (bicyclic) bond motifs is 1. The number of imidazole rings is 1. The molecule has 1 amide bonds. The summed E-state index contributed by atoms with van der Waals surface area (Å²) in [4.78, 5) is 17.5. The molecular formula is C23H26N4O4S. The number of pyridine rings is 1. The molecule has 0 radical (unpaired) electrons. The summed E-state index contributed by atoms with van der Waals surface area (Å²) in [7, 11) is -3.73. The molecule has 0 unspecified atom stereocenters. The third-order valence-electron chi connectivity index (χ3n) is 6.19. The molecule has 3 aromatic rings. The van der Waals surface area contributed by atoms with Crippen molar-refractivity contribution in [3.8, 4) is 0 Å². The van der Waals surface area contributed by atoms with Gasteiger partial charge in [0, 0.05) is 36.0 Å². The van der Waals surface area contributed by atoms with Crippen LogP contribution in [0.1, 0.15) is 41.4 Å². The molecule has 4 heterocycles. The predicted molar refractivity (Wildman–Crippen MR) is 120 cm³/mol. The van der Waals surface area contributed by atoms with Crippen molar-refractivity contribution in [3.63, 3.8) is 0 Å². The molecule has 1 N–H and O–H groups in total. The van der Waals surface area contributed by atoms with Gasteiger partial charge in [-0.05, 0) is 36.6 Å². The van der Waals surface area contributed by atoms with Gasteiger partial charge in [0.2, 0.25) is 0 Å². The number of rotatable bonds is 5. The zero-order chi connectivity index (χ0) is 22.7. The third kappa shape index (κ3) is 3.32. The molecule has 9 heteroatoms. The molecule has 32 heavy (non-hydrogen) atoms. The van der Waals surface area contributed by atoms with Crippen LogP contribution in [0.4, 0.5) is 5.69 Å². The summed E-state index contributed by atoms with van der Waals surface area (Å²) in [5.41, 5.74) is 2.75. The van der Waals surface area contributed by atoms with E-state index in [0.29, 0.717) is 54.5 Å². The van der Waals surface area contributed by atoms with Crippen molar-refractivity contribution in [3.05, 3.63) is 59.4 Å². The maximum absolute atomic E-state index is 13.6. The number of anilines is 1. The maximum Gasteiger partial charge on any atom is 0.261 e. The Morgan fingerprint density at radius 2 is 1.88 bits per heavy atom. The Morgan fingerprint density at radius 1 is 1.19 bits per heavy atom. The average Bonchev–Trinajstić information content (AvgIpc) is 3.05. The Hall–Kier alpha value is -2.75. The van der Waals surface area contributed by atoms with Crippen LogP contribution in [0.2, 0.25) is 0 Å². The first-order valence-corrected chi connectivity index (χ1v) is 12.1. The summed E-state index contributed by atoms with van der Waals surface area (Å²) in [6.07, 6.45) is 1.70. The zero-order valence-corrected chi connectivity index (χ0v) is 19.1. The minimum absolute atomic E-state index is 0.0236. The summed E-state index contributed by atoms with van der Waals surface area (Å²) >= 11 is 0. The molecule has 1 aromatic carbocycles. The van der Waals surface area contributed by atoms with E-state index in [4.69, 9.17) is 4.74 Å². The summed E-state index contributed by atoms with van der Waals surface area (Å²) < 4.78 is 35.5. The van der Waals surface area contributed by atoms with Gasteiger partial charge < -0.3 is 10.1 Å². The Bertz CT molecular complexity index is 1300. The van der Waals surface area contributed by atoms with Gasteiger partial charge in [-0.25, -0.2) is 13.4 Å². The van der Waals surface area contributed by atoms with Crippen molar-refractivity contribution in [1.82, 2.24) is 13.7 Å². The molecular weight excluding hydrogens is 428 g/mol. The topological polar surface area (TPSA) is 93.0 Å². The van der Waals surface area contributed by atoms with E-state index in [1.54, 1.807) is 23.6 Å².